The smallest absolute Gasteiger partial charge is 0.338 e. The molecule has 0 aromatic rings. The molecule has 1 aliphatic heterocycles. The molecule has 4 N–H and O–H groups in total. The second-order valence-corrected chi connectivity index (χ2v) is 7.83. The van der Waals surface area contributed by atoms with E-state index in [4.69, 9.17) is 9.47 Å². The molecule has 7 nitrogen and oxygen atoms in total. The van der Waals surface area contributed by atoms with Crippen LogP contribution >= 0.6 is 0 Å². The summed E-state index contributed by atoms with van der Waals surface area (Å²) in [4.78, 5) is 11.9. The summed E-state index contributed by atoms with van der Waals surface area (Å²) < 4.78 is 9.89. The van der Waals surface area contributed by atoms with Gasteiger partial charge in [0.2, 0.25) is 0 Å². The van der Waals surface area contributed by atoms with E-state index in [2.05, 4.69) is 6.92 Å². The number of aliphatic hydroxyl groups excluding tert-OH is 4. The Bertz CT molecular complexity index is 404. The Balaban J connectivity index is 1.95. The topological polar surface area (TPSA) is 116 Å². The Morgan fingerprint density at radius 2 is 1.18 bits per heavy atom. The van der Waals surface area contributed by atoms with Gasteiger partial charge in [0.1, 0.15) is 18.3 Å². The fourth-order valence-electron chi connectivity index (χ4n) is 3.43. The van der Waals surface area contributed by atoms with Gasteiger partial charge in [-0.3, -0.25) is 0 Å². The zero-order valence-corrected chi connectivity index (χ0v) is 17.3. The minimum Gasteiger partial charge on any atom is -0.464 e. The highest BCUT2D eigenvalue weighted by Crippen LogP contribution is 2.21. The monoisotopic (exact) mass is 404 g/mol. The number of carbonyl (C=O) groups excluding carboxylic acids is 1. The van der Waals surface area contributed by atoms with Crippen LogP contribution < -0.4 is 0 Å². The van der Waals surface area contributed by atoms with Gasteiger partial charge in [-0.1, -0.05) is 84.0 Å². The summed E-state index contributed by atoms with van der Waals surface area (Å²) in [7, 11) is 0. The first-order chi connectivity index (χ1) is 13.5. The van der Waals surface area contributed by atoms with Gasteiger partial charge in [-0.15, -0.1) is 0 Å². The maximum atomic E-state index is 11.9. The van der Waals surface area contributed by atoms with Gasteiger partial charge >= 0.3 is 5.97 Å². The summed E-state index contributed by atoms with van der Waals surface area (Å²) in [6.45, 7) is 2.44. The number of ether oxygens (including phenoxy) is 2. The lowest BCUT2D eigenvalue weighted by Gasteiger charge is -2.36. The van der Waals surface area contributed by atoms with E-state index in [0.717, 1.165) is 19.3 Å². The second kappa shape index (κ2) is 15.2. The quantitative estimate of drug-likeness (QED) is 0.245. The van der Waals surface area contributed by atoms with Gasteiger partial charge < -0.3 is 29.9 Å². The first-order valence-corrected chi connectivity index (χ1v) is 11.0. The van der Waals surface area contributed by atoms with Crippen LogP contribution in [-0.2, 0) is 14.3 Å². The Labute approximate surface area is 169 Å². The molecule has 0 amide bonds. The fourth-order valence-corrected chi connectivity index (χ4v) is 3.43. The maximum Gasteiger partial charge on any atom is 0.338 e. The van der Waals surface area contributed by atoms with Crippen molar-refractivity contribution in [3.05, 3.63) is 0 Å². The molecule has 0 unspecified atom stereocenters. The van der Waals surface area contributed by atoms with Crippen molar-refractivity contribution >= 4 is 5.97 Å². The van der Waals surface area contributed by atoms with Crippen LogP contribution in [0.4, 0.5) is 0 Å². The van der Waals surface area contributed by atoms with Crippen molar-refractivity contribution in [1.82, 2.24) is 0 Å². The molecule has 0 saturated carbocycles. The molecule has 0 aliphatic carbocycles. The Kier molecular flexibility index (Phi) is 13.7. The summed E-state index contributed by atoms with van der Waals surface area (Å²) in [6.07, 6.45) is 7.76. The van der Waals surface area contributed by atoms with E-state index in [-0.39, 0.29) is 6.61 Å². The first kappa shape index (κ1) is 25.3. The van der Waals surface area contributed by atoms with Gasteiger partial charge in [-0.2, -0.15) is 0 Å². The van der Waals surface area contributed by atoms with Gasteiger partial charge in [0.05, 0.1) is 6.61 Å². The molecule has 5 atom stereocenters. The first-order valence-electron chi connectivity index (χ1n) is 11.0. The molecule has 1 aliphatic rings. The average molecular weight is 405 g/mol. The molecule has 0 radical (unpaired) electrons. The van der Waals surface area contributed by atoms with E-state index >= 15 is 0 Å². The Hall–Kier alpha value is -0.730. The highest BCUT2D eigenvalue weighted by atomic mass is 16.7. The lowest BCUT2D eigenvalue weighted by atomic mass is 9.99. The van der Waals surface area contributed by atoms with Crippen LogP contribution in [0.3, 0.4) is 0 Å². The van der Waals surface area contributed by atoms with Gasteiger partial charge in [0, 0.05) is 0 Å². The van der Waals surface area contributed by atoms with Crippen LogP contribution in [0.1, 0.15) is 90.4 Å². The van der Waals surface area contributed by atoms with Crippen LogP contribution in [0.5, 0.6) is 0 Å². The highest BCUT2D eigenvalue weighted by Gasteiger charge is 2.46. The molecule has 1 saturated heterocycles. The van der Waals surface area contributed by atoms with E-state index < -0.39 is 36.7 Å². The van der Waals surface area contributed by atoms with Gasteiger partial charge in [0.25, 0.3) is 0 Å². The zero-order valence-electron chi connectivity index (χ0n) is 17.3. The van der Waals surface area contributed by atoms with E-state index in [1.807, 2.05) is 0 Å². The summed E-state index contributed by atoms with van der Waals surface area (Å²) in [6, 6.07) is 0. The lowest BCUT2D eigenvalue weighted by Crippen LogP contribution is -2.59. The van der Waals surface area contributed by atoms with Crippen LogP contribution in [0.25, 0.3) is 0 Å². The van der Waals surface area contributed by atoms with Crippen molar-refractivity contribution in [1.29, 1.82) is 0 Å². The van der Waals surface area contributed by atoms with Crippen molar-refractivity contribution in [2.45, 2.75) is 121 Å². The molecule has 0 bridgehead atoms. The minimum absolute atomic E-state index is 0.206. The third-order valence-electron chi connectivity index (χ3n) is 5.31. The largest absolute Gasteiger partial charge is 0.464 e. The summed E-state index contributed by atoms with van der Waals surface area (Å²) >= 11 is 0. The van der Waals surface area contributed by atoms with E-state index in [1.54, 1.807) is 0 Å². The minimum atomic E-state index is -1.73. The Morgan fingerprint density at radius 1 is 0.714 bits per heavy atom. The molecular weight excluding hydrogens is 364 g/mol. The number of hydrogen-bond acceptors (Lipinski definition) is 7. The number of esters is 1. The zero-order chi connectivity index (χ0) is 20.8. The molecule has 1 rings (SSSR count). The molecule has 0 aromatic carbocycles. The summed E-state index contributed by atoms with van der Waals surface area (Å²) in [5.74, 6) is -0.837. The maximum absolute atomic E-state index is 11.9. The third kappa shape index (κ3) is 9.65. The lowest BCUT2D eigenvalue weighted by molar-refractivity contribution is -0.281. The number of carbonyl (C=O) groups is 1. The molecule has 7 heteroatoms. The van der Waals surface area contributed by atoms with E-state index in [9.17, 15) is 25.2 Å². The second-order valence-electron chi connectivity index (χ2n) is 7.83. The van der Waals surface area contributed by atoms with Crippen LogP contribution in [-0.4, -0.2) is 63.7 Å². The molecule has 1 heterocycles. The SMILES string of the molecule is CCCCCCCCCCCCCCCOC(=O)[C@H]1O[C@@H](O)[C@H](O)[C@@H](O)[C@@H]1O. The van der Waals surface area contributed by atoms with Crippen LogP contribution in [0, 0.1) is 0 Å². The molecule has 0 spiro atoms. The number of hydrogen-bond donors (Lipinski definition) is 4. The van der Waals surface area contributed by atoms with E-state index in [0.29, 0.717) is 0 Å². The predicted molar refractivity (Wildman–Crippen MR) is 106 cm³/mol. The molecular formula is C21H40O7. The summed E-state index contributed by atoms with van der Waals surface area (Å²) in [5.41, 5.74) is 0. The average Bonchev–Trinajstić information content (AvgIpc) is 2.69. The number of unbranched alkanes of at least 4 members (excludes halogenated alkanes) is 12. The van der Waals surface area contributed by atoms with Crippen molar-refractivity contribution in [2.75, 3.05) is 6.61 Å². The van der Waals surface area contributed by atoms with Crippen LogP contribution in [0.2, 0.25) is 0 Å². The molecule has 0 aromatic heterocycles. The normalized spacial score (nSPS) is 27.7. The third-order valence-corrected chi connectivity index (χ3v) is 5.31. The molecule has 28 heavy (non-hydrogen) atoms. The standard InChI is InChI=1S/C21H40O7/c1-2-3-4-5-6-7-8-9-10-11-12-13-14-15-27-21(26)19-17(23)16(22)18(24)20(25)28-19/h16-20,22-25H,2-15H2,1H3/t16-,17-,18+,19-,20+/m0/s1. The Morgan fingerprint density at radius 3 is 1.68 bits per heavy atom. The van der Waals surface area contributed by atoms with Gasteiger partial charge in [-0.05, 0) is 6.42 Å². The van der Waals surface area contributed by atoms with Crippen molar-refractivity contribution < 1.29 is 34.7 Å². The van der Waals surface area contributed by atoms with Crippen molar-refractivity contribution in [3.63, 3.8) is 0 Å². The van der Waals surface area contributed by atoms with Crippen LogP contribution in [0.15, 0.2) is 0 Å². The predicted octanol–water partition coefficient (Wildman–Crippen LogP) is 2.42. The molecule has 1 fully saturated rings. The van der Waals surface area contributed by atoms with E-state index in [1.165, 1.54) is 64.2 Å². The number of aliphatic hydroxyl groups is 4. The highest BCUT2D eigenvalue weighted by molar-refractivity contribution is 5.75. The fraction of sp³-hybridized carbons (Fsp3) is 0.952. The van der Waals surface area contributed by atoms with Gasteiger partial charge in [-0.25, -0.2) is 4.79 Å². The van der Waals surface area contributed by atoms with Crippen molar-refractivity contribution in [2.24, 2.45) is 0 Å². The van der Waals surface area contributed by atoms with Gasteiger partial charge in [0.15, 0.2) is 12.4 Å². The van der Waals surface area contributed by atoms with Crippen molar-refractivity contribution in [3.8, 4) is 0 Å². The summed E-state index contributed by atoms with van der Waals surface area (Å²) in [5, 5.41) is 38.2. The molecule has 166 valence electrons. The number of rotatable bonds is 15.